The molecule has 3 nitrogen and oxygen atoms in total. The van der Waals surface area contributed by atoms with E-state index in [0.717, 1.165) is 0 Å². The lowest BCUT2D eigenvalue weighted by Crippen LogP contribution is -2.28. The maximum absolute atomic E-state index is 11.2. The zero-order chi connectivity index (χ0) is 8.32. The van der Waals surface area contributed by atoms with Crippen LogP contribution in [0.3, 0.4) is 0 Å². The summed E-state index contributed by atoms with van der Waals surface area (Å²) in [6.45, 7) is 1.97. The van der Waals surface area contributed by atoms with E-state index < -0.39 is 10.0 Å². The average Bonchev–Trinajstić information content (AvgIpc) is 2.06. The SMILES string of the molecule is CCS(=O)(=O)N1C=CC=[C]C1. The molecule has 1 heterocycles. The molecule has 1 rings (SSSR count). The van der Waals surface area contributed by atoms with E-state index in [-0.39, 0.29) is 5.75 Å². The van der Waals surface area contributed by atoms with E-state index in [2.05, 4.69) is 6.08 Å². The molecule has 1 aliphatic heterocycles. The van der Waals surface area contributed by atoms with Crippen LogP contribution in [0.1, 0.15) is 6.92 Å². The molecule has 0 aliphatic carbocycles. The van der Waals surface area contributed by atoms with Crippen molar-refractivity contribution in [2.45, 2.75) is 6.92 Å². The molecule has 0 unspecified atom stereocenters. The Kier molecular flexibility index (Phi) is 2.34. The van der Waals surface area contributed by atoms with E-state index in [4.69, 9.17) is 0 Å². The van der Waals surface area contributed by atoms with E-state index in [1.165, 1.54) is 4.31 Å². The molecule has 0 aromatic heterocycles. The summed E-state index contributed by atoms with van der Waals surface area (Å²) in [6.07, 6.45) is 7.73. The molecule has 0 atom stereocenters. The monoisotopic (exact) mass is 172 g/mol. The van der Waals surface area contributed by atoms with Crippen molar-refractivity contribution in [3.05, 3.63) is 24.4 Å². The Morgan fingerprint density at radius 3 is 2.82 bits per heavy atom. The van der Waals surface area contributed by atoms with Gasteiger partial charge in [-0.25, -0.2) is 8.42 Å². The highest BCUT2D eigenvalue weighted by atomic mass is 32.2. The van der Waals surface area contributed by atoms with Gasteiger partial charge in [0, 0.05) is 6.20 Å². The van der Waals surface area contributed by atoms with Gasteiger partial charge in [0.1, 0.15) is 0 Å². The number of hydrogen-bond acceptors (Lipinski definition) is 2. The molecule has 0 aromatic carbocycles. The van der Waals surface area contributed by atoms with Crippen LogP contribution in [0, 0.1) is 6.08 Å². The van der Waals surface area contributed by atoms with Crippen LogP contribution in [0.15, 0.2) is 18.4 Å². The van der Waals surface area contributed by atoms with Crippen LogP contribution in [-0.2, 0) is 10.0 Å². The van der Waals surface area contributed by atoms with E-state index in [9.17, 15) is 8.42 Å². The first-order valence-corrected chi connectivity index (χ1v) is 5.00. The first-order chi connectivity index (χ1) is 5.17. The van der Waals surface area contributed by atoms with Crippen molar-refractivity contribution < 1.29 is 8.42 Å². The van der Waals surface area contributed by atoms with Crippen LogP contribution in [0.4, 0.5) is 0 Å². The van der Waals surface area contributed by atoms with Gasteiger partial charge in [-0.2, -0.15) is 0 Å². The molecule has 0 saturated carbocycles. The normalized spacial score (nSPS) is 17.4. The Morgan fingerprint density at radius 2 is 2.36 bits per heavy atom. The summed E-state index contributed by atoms with van der Waals surface area (Å²) in [5, 5.41) is 0. The topological polar surface area (TPSA) is 37.4 Å². The van der Waals surface area contributed by atoms with Gasteiger partial charge in [-0.3, -0.25) is 4.31 Å². The zero-order valence-corrected chi connectivity index (χ0v) is 7.13. The minimum atomic E-state index is -3.06. The second kappa shape index (κ2) is 3.09. The number of nitrogens with zero attached hydrogens (tertiary/aromatic N) is 1. The molecule has 0 bridgehead atoms. The van der Waals surface area contributed by atoms with Crippen molar-refractivity contribution in [1.29, 1.82) is 0 Å². The van der Waals surface area contributed by atoms with Crippen molar-refractivity contribution in [2.75, 3.05) is 12.3 Å². The quantitative estimate of drug-likeness (QED) is 0.609. The van der Waals surface area contributed by atoms with Gasteiger partial charge in [-0.1, -0.05) is 6.08 Å². The van der Waals surface area contributed by atoms with Crippen LogP contribution in [-0.4, -0.2) is 25.0 Å². The van der Waals surface area contributed by atoms with Gasteiger partial charge < -0.3 is 0 Å². The third kappa shape index (κ3) is 1.83. The zero-order valence-electron chi connectivity index (χ0n) is 6.32. The predicted octanol–water partition coefficient (Wildman–Crippen LogP) is 0.525. The van der Waals surface area contributed by atoms with E-state index >= 15 is 0 Å². The van der Waals surface area contributed by atoms with Crippen LogP contribution in [0.5, 0.6) is 0 Å². The van der Waals surface area contributed by atoms with Crippen LogP contribution in [0.2, 0.25) is 0 Å². The van der Waals surface area contributed by atoms with Crippen molar-refractivity contribution in [3.63, 3.8) is 0 Å². The molecule has 0 fully saturated rings. The molecule has 61 valence electrons. The van der Waals surface area contributed by atoms with Crippen molar-refractivity contribution >= 4 is 10.0 Å². The fourth-order valence-corrected chi connectivity index (χ4v) is 1.62. The Hall–Kier alpha value is -0.770. The van der Waals surface area contributed by atoms with Crippen molar-refractivity contribution in [3.8, 4) is 0 Å². The van der Waals surface area contributed by atoms with Gasteiger partial charge in [0.25, 0.3) is 0 Å². The van der Waals surface area contributed by atoms with E-state index in [0.29, 0.717) is 6.54 Å². The Bertz CT molecular complexity index is 277. The molecule has 1 radical (unpaired) electrons. The highest BCUT2D eigenvalue weighted by Gasteiger charge is 2.14. The number of rotatable bonds is 2. The van der Waals surface area contributed by atoms with Crippen molar-refractivity contribution in [1.82, 2.24) is 4.31 Å². The maximum atomic E-state index is 11.2. The van der Waals surface area contributed by atoms with Gasteiger partial charge in [0.2, 0.25) is 10.0 Å². The van der Waals surface area contributed by atoms with E-state index in [1.54, 1.807) is 25.3 Å². The smallest absolute Gasteiger partial charge is 0.234 e. The first kappa shape index (κ1) is 8.33. The molecule has 1 aliphatic rings. The summed E-state index contributed by atoms with van der Waals surface area (Å²) >= 11 is 0. The minimum absolute atomic E-state index is 0.138. The molecule has 0 spiro atoms. The lowest BCUT2D eigenvalue weighted by Gasteiger charge is -2.18. The van der Waals surface area contributed by atoms with Gasteiger partial charge in [-0.05, 0) is 19.1 Å². The molecule has 11 heavy (non-hydrogen) atoms. The summed E-state index contributed by atoms with van der Waals surface area (Å²) in [7, 11) is -3.06. The van der Waals surface area contributed by atoms with Crippen LogP contribution in [0.25, 0.3) is 0 Å². The second-order valence-corrected chi connectivity index (χ2v) is 4.37. The summed E-state index contributed by atoms with van der Waals surface area (Å²) in [5.41, 5.74) is 0. The van der Waals surface area contributed by atoms with Crippen LogP contribution < -0.4 is 0 Å². The Labute approximate surface area is 67.1 Å². The standard InChI is InChI=1S/C7H10NO2S/c1-2-11(9,10)8-6-4-3-5-7-8/h3-4,6H,2,7H2,1H3. The summed E-state index contributed by atoms with van der Waals surface area (Å²) in [6, 6.07) is 0. The van der Waals surface area contributed by atoms with Crippen LogP contribution >= 0.6 is 0 Å². The van der Waals surface area contributed by atoms with E-state index in [1.807, 2.05) is 0 Å². The second-order valence-electron chi connectivity index (χ2n) is 2.16. The number of sulfonamides is 1. The third-order valence-corrected chi connectivity index (χ3v) is 3.13. The molecule has 0 aromatic rings. The highest BCUT2D eigenvalue weighted by Crippen LogP contribution is 2.05. The molecule has 0 saturated heterocycles. The summed E-state index contributed by atoms with van der Waals surface area (Å²) < 4.78 is 23.6. The fourth-order valence-electron chi connectivity index (χ4n) is 0.759. The Morgan fingerprint density at radius 1 is 1.64 bits per heavy atom. The molecule has 4 heteroatoms. The molecule has 0 amide bonds. The number of allylic oxidation sites excluding steroid dienone is 2. The third-order valence-electron chi connectivity index (χ3n) is 1.44. The lowest BCUT2D eigenvalue weighted by atomic mass is 10.4. The first-order valence-electron chi connectivity index (χ1n) is 3.40. The van der Waals surface area contributed by atoms with Gasteiger partial charge >= 0.3 is 0 Å². The minimum Gasteiger partial charge on any atom is -0.273 e. The lowest BCUT2D eigenvalue weighted by molar-refractivity contribution is 0.519. The molecular formula is C7H10NO2S. The van der Waals surface area contributed by atoms with Gasteiger partial charge in [0.05, 0.1) is 12.3 Å². The summed E-state index contributed by atoms with van der Waals surface area (Å²) in [4.78, 5) is 0. The van der Waals surface area contributed by atoms with Gasteiger partial charge in [-0.15, -0.1) is 0 Å². The highest BCUT2D eigenvalue weighted by molar-refractivity contribution is 7.89. The predicted molar refractivity (Wildman–Crippen MR) is 43.1 cm³/mol. The number of hydrogen-bond donors (Lipinski definition) is 0. The maximum Gasteiger partial charge on any atom is 0.234 e. The average molecular weight is 172 g/mol. The fraction of sp³-hybridized carbons (Fsp3) is 0.429. The largest absolute Gasteiger partial charge is 0.273 e. The molecule has 0 N–H and O–H groups in total. The Balaban J connectivity index is 2.78. The molecular weight excluding hydrogens is 162 g/mol. The van der Waals surface area contributed by atoms with Gasteiger partial charge in [0.15, 0.2) is 0 Å². The summed E-state index contributed by atoms with van der Waals surface area (Å²) in [5.74, 6) is 0.138. The van der Waals surface area contributed by atoms with Crippen molar-refractivity contribution in [2.24, 2.45) is 0 Å².